The lowest BCUT2D eigenvalue weighted by molar-refractivity contribution is 0.409. The van der Waals surface area contributed by atoms with Crippen LogP contribution < -0.4 is 4.31 Å². The lowest BCUT2D eigenvalue weighted by Crippen LogP contribution is -2.24. The Balaban J connectivity index is 1.85. The normalized spacial score (nSPS) is 16.8. The fourth-order valence-corrected chi connectivity index (χ4v) is 4.46. The van der Waals surface area contributed by atoms with Crippen molar-refractivity contribution in [3.63, 3.8) is 0 Å². The second kappa shape index (κ2) is 5.17. The van der Waals surface area contributed by atoms with Crippen LogP contribution >= 0.6 is 0 Å². The molecular weight excluding hydrogens is 330 g/mol. The summed E-state index contributed by atoms with van der Waals surface area (Å²) in [4.78, 5) is 0. The molecule has 0 saturated carbocycles. The highest BCUT2D eigenvalue weighted by Crippen LogP contribution is 2.48. The molecule has 124 valence electrons. The average molecular weight is 345 g/mol. The first kappa shape index (κ1) is 14.9. The van der Waals surface area contributed by atoms with Gasteiger partial charge in [0.05, 0.1) is 5.75 Å². The number of furan rings is 1. The minimum absolute atomic E-state index is 0.000784. The van der Waals surface area contributed by atoms with E-state index in [0.29, 0.717) is 12.0 Å². The number of rotatable bonds is 2. The average Bonchev–Trinajstić information content (AvgIpc) is 3.07. The summed E-state index contributed by atoms with van der Waals surface area (Å²) < 4.78 is 30.6. The highest BCUT2D eigenvalue weighted by molar-refractivity contribution is 7.93. The molecule has 1 aliphatic heterocycles. The Morgan fingerprint density at radius 2 is 1.75 bits per heavy atom. The highest BCUT2D eigenvalue weighted by Gasteiger charge is 2.35. The van der Waals surface area contributed by atoms with Crippen LogP contribution in [-0.2, 0) is 10.0 Å². The van der Waals surface area contributed by atoms with Gasteiger partial charge in [0.1, 0.15) is 0 Å². The van der Waals surface area contributed by atoms with Crippen LogP contribution in [0, 0.1) is 0 Å². The Hall–Kier alpha value is -2.67. The minimum atomic E-state index is -3.51. The van der Waals surface area contributed by atoms with E-state index in [1.807, 2.05) is 36.4 Å². The van der Waals surface area contributed by atoms with E-state index in [1.54, 1.807) is 6.07 Å². The van der Waals surface area contributed by atoms with Gasteiger partial charge < -0.3 is 14.6 Å². The lowest BCUT2D eigenvalue weighted by Gasteiger charge is -2.12. The van der Waals surface area contributed by atoms with Crippen molar-refractivity contribution in [1.82, 2.24) is 0 Å². The Bertz CT molecular complexity index is 1040. The number of hydrogen-bond donors (Lipinski definition) is 2. The molecule has 0 spiro atoms. The topological polar surface area (TPSA) is 91.0 Å². The highest BCUT2D eigenvalue weighted by atomic mass is 32.2. The molecule has 2 aromatic carbocycles. The van der Waals surface area contributed by atoms with Crippen LogP contribution in [0.1, 0.15) is 6.42 Å². The smallest absolute Gasteiger partial charge is 0.256 e. The number of hydrogen-bond acceptors (Lipinski definition) is 5. The first-order valence-electron chi connectivity index (χ1n) is 7.52. The molecule has 1 aromatic heterocycles. The quantitative estimate of drug-likeness (QED) is 0.745. The van der Waals surface area contributed by atoms with Crippen LogP contribution in [0.25, 0.3) is 22.1 Å². The van der Waals surface area contributed by atoms with Crippen LogP contribution in [-0.4, -0.2) is 30.9 Å². The third-order valence-corrected chi connectivity index (χ3v) is 6.00. The van der Waals surface area contributed by atoms with Crippen molar-refractivity contribution in [2.45, 2.75) is 6.42 Å². The van der Waals surface area contributed by atoms with Gasteiger partial charge in [-0.1, -0.05) is 36.4 Å². The van der Waals surface area contributed by atoms with Gasteiger partial charge in [0.25, 0.3) is 5.88 Å². The molecule has 0 atom stereocenters. The largest absolute Gasteiger partial charge is 0.502 e. The van der Waals surface area contributed by atoms with Gasteiger partial charge in [0.15, 0.2) is 5.76 Å². The predicted molar refractivity (Wildman–Crippen MR) is 90.7 cm³/mol. The third-order valence-electron chi connectivity index (χ3n) is 4.18. The SMILES string of the molecule is O=S1(=O)CCCN1c1oc(-c2ccc3ccccc3c2)c(O)c1O. The molecule has 0 bridgehead atoms. The molecule has 2 N–H and O–H groups in total. The van der Waals surface area contributed by atoms with Gasteiger partial charge in [0.2, 0.25) is 21.5 Å². The number of benzene rings is 2. The summed E-state index contributed by atoms with van der Waals surface area (Å²) in [5.41, 5.74) is 0.560. The molecule has 0 radical (unpaired) electrons. The van der Waals surface area contributed by atoms with Crippen molar-refractivity contribution < 1.29 is 23.0 Å². The fourth-order valence-electron chi connectivity index (χ4n) is 2.97. The molecule has 0 amide bonds. The van der Waals surface area contributed by atoms with Crippen LogP contribution in [0.4, 0.5) is 5.88 Å². The summed E-state index contributed by atoms with van der Waals surface area (Å²) >= 11 is 0. The molecule has 3 aromatic rings. The maximum absolute atomic E-state index is 12.0. The molecular formula is C17H15NO5S. The van der Waals surface area contributed by atoms with E-state index >= 15 is 0 Å². The number of aromatic hydroxyl groups is 2. The molecule has 2 heterocycles. The van der Waals surface area contributed by atoms with Gasteiger partial charge in [-0.3, -0.25) is 0 Å². The van der Waals surface area contributed by atoms with Gasteiger partial charge in [-0.25, -0.2) is 12.7 Å². The van der Waals surface area contributed by atoms with Gasteiger partial charge in [-0.15, -0.1) is 0 Å². The molecule has 0 unspecified atom stereocenters. The summed E-state index contributed by atoms with van der Waals surface area (Å²) in [7, 11) is -3.51. The van der Waals surface area contributed by atoms with Crippen LogP contribution in [0.3, 0.4) is 0 Å². The Labute approximate surface area is 138 Å². The summed E-state index contributed by atoms with van der Waals surface area (Å²) in [5.74, 6) is -1.19. The van der Waals surface area contributed by atoms with Gasteiger partial charge in [0, 0.05) is 12.1 Å². The monoisotopic (exact) mass is 345 g/mol. The van der Waals surface area contributed by atoms with E-state index in [4.69, 9.17) is 4.42 Å². The fraction of sp³-hybridized carbons (Fsp3) is 0.176. The second-order valence-electron chi connectivity index (χ2n) is 5.74. The van der Waals surface area contributed by atoms with E-state index in [2.05, 4.69) is 0 Å². The van der Waals surface area contributed by atoms with E-state index < -0.39 is 21.5 Å². The summed E-state index contributed by atoms with van der Waals surface area (Å²) in [6, 6.07) is 13.1. The van der Waals surface area contributed by atoms with Gasteiger partial charge >= 0.3 is 0 Å². The van der Waals surface area contributed by atoms with Crippen LogP contribution in [0.5, 0.6) is 11.5 Å². The maximum atomic E-state index is 12.0. The molecule has 0 aliphatic carbocycles. The number of fused-ring (bicyclic) bond motifs is 1. The maximum Gasteiger partial charge on any atom is 0.256 e. The zero-order valence-corrected chi connectivity index (χ0v) is 13.5. The Kier molecular flexibility index (Phi) is 3.21. The van der Waals surface area contributed by atoms with Crippen molar-refractivity contribution in [2.24, 2.45) is 0 Å². The molecule has 24 heavy (non-hydrogen) atoms. The van der Waals surface area contributed by atoms with E-state index in [-0.39, 0.29) is 23.9 Å². The lowest BCUT2D eigenvalue weighted by atomic mass is 10.1. The Morgan fingerprint density at radius 3 is 2.46 bits per heavy atom. The third kappa shape index (κ3) is 2.20. The van der Waals surface area contributed by atoms with E-state index in [0.717, 1.165) is 15.1 Å². The molecule has 6 nitrogen and oxygen atoms in total. The minimum Gasteiger partial charge on any atom is -0.502 e. The van der Waals surface area contributed by atoms with Crippen LogP contribution in [0.15, 0.2) is 46.9 Å². The summed E-state index contributed by atoms with van der Waals surface area (Å²) in [6.45, 7) is 0.222. The molecule has 4 rings (SSSR count). The van der Waals surface area contributed by atoms with Crippen molar-refractivity contribution in [1.29, 1.82) is 0 Å². The number of nitrogens with zero attached hydrogens (tertiary/aromatic N) is 1. The first-order valence-corrected chi connectivity index (χ1v) is 9.12. The zero-order chi connectivity index (χ0) is 16.9. The summed E-state index contributed by atoms with van der Waals surface area (Å²) in [5, 5.41) is 22.3. The number of anilines is 1. The van der Waals surface area contributed by atoms with Gasteiger partial charge in [-0.2, -0.15) is 0 Å². The van der Waals surface area contributed by atoms with Crippen molar-refractivity contribution in [3.05, 3.63) is 42.5 Å². The number of sulfonamides is 1. The van der Waals surface area contributed by atoms with Gasteiger partial charge in [-0.05, 0) is 23.3 Å². The molecule has 1 saturated heterocycles. The van der Waals surface area contributed by atoms with Crippen molar-refractivity contribution in [3.8, 4) is 22.8 Å². The van der Waals surface area contributed by atoms with E-state index in [9.17, 15) is 18.6 Å². The van der Waals surface area contributed by atoms with Crippen molar-refractivity contribution in [2.75, 3.05) is 16.6 Å². The molecule has 1 aliphatic rings. The second-order valence-corrected chi connectivity index (χ2v) is 7.75. The predicted octanol–water partition coefficient (Wildman–Crippen LogP) is 3.05. The summed E-state index contributed by atoms with van der Waals surface area (Å²) in [6.07, 6.45) is 0.453. The zero-order valence-electron chi connectivity index (χ0n) is 12.6. The van der Waals surface area contributed by atoms with Crippen LogP contribution in [0.2, 0.25) is 0 Å². The van der Waals surface area contributed by atoms with Crippen molar-refractivity contribution >= 4 is 26.7 Å². The molecule has 1 fully saturated rings. The molecule has 7 heteroatoms. The Morgan fingerprint density at radius 1 is 1.00 bits per heavy atom. The first-order chi connectivity index (χ1) is 11.5. The standard InChI is InChI=1S/C17H15NO5S/c19-14-15(20)17(18-8-3-9-24(18,21)22)23-16(14)13-7-6-11-4-1-2-5-12(11)10-13/h1-2,4-7,10,19-20H,3,8-9H2. The van der Waals surface area contributed by atoms with E-state index in [1.165, 1.54) is 0 Å².